The fourth-order valence-corrected chi connectivity index (χ4v) is 3.16. The molecule has 2 aromatic rings. The van der Waals surface area contributed by atoms with Crippen LogP contribution in [0.4, 0.5) is 17.3 Å². The Kier molecular flexibility index (Phi) is 4.87. The van der Waals surface area contributed by atoms with Gasteiger partial charge in [-0.25, -0.2) is 4.99 Å². The molecule has 1 aliphatic carbocycles. The van der Waals surface area contributed by atoms with Gasteiger partial charge in [-0.15, -0.1) is 0 Å². The van der Waals surface area contributed by atoms with E-state index in [1.54, 1.807) is 30.6 Å². The standard InChI is InChI=1S/C22H21N5O2/c1-13-12-29-22-18(13)10-20(25-16-6-8-19(24)15(9-16)11-23)26-21(27-22)14-3-2-4-17(28)7-5-14/h2-4,6-9,11-12,23,28H,5,10,24H2,1H3,(H,25,26,27). The van der Waals surface area contributed by atoms with Crippen molar-refractivity contribution in [3.63, 3.8) is 0 Å². The molecule has 29 heavy (non-hydrogen) atoms. The monoisotopic (exact) mass is 387 g/mol. The van der Waals surface area contributed by atoms with E-state index in [1.807, 2.05) is 25.1 Å². The predicted octanol–water partition coefficient (Wildman–Crippen LogP) is 4.59. The molecule has 146 valence electrons. The average Bonchev–Trinajstić information content (AvgIpc) is 2.88. The maximum absolute atomic E-state index is 9.75. The van der Waals surface area contributed by atoms with Gasteiger partial charge in [-0.05, 0) is 49.3 Å². The second-order valence-electron chi connectivity index (χ2n) is 6.87. The van der Waals surface area contributed by atoms with Crippen molar-refractivity contribution >= 4 is 35.1 Å². The molecule has 4 rings (SSSR count). The number of rotatable bonds is 3. The van der Waals surface area contributed by atoms with Gasteiger partial charge in [-0.1, -0.05) is 12.2 Å². The first-order valence-corrected chi connectivity index (χ1v) is 9.20. The number of aryl methyl sites for hydroxylation is 1. The third kappa shape index (κ3) is 3.89. The summed E-state index contributed by atoms with van der Waals surface area (Å²) >= 11 is 0. The van der Waals surface area contributed by atoms with Gasteiger partial charge in [0, 0.05) is 40.7 Å². The van der Waals surface area contributed by atoms with Crippen LogP contribution in [0, 0.1) is 12.3 Å². The van der Waals surface area contributed by atoms with Crippen molar-refractivity contribution in [1.82, 2.24) is 0 Å². The number of furan rings is 1. The first-order chi connectivity index (χ1) is 14.0. The number of aliphatic imine (C=N–C) groups is 2. The molecule has 1 aliphatic heterocycles. The van der Waals surface area contributed by atoms with Crippen molar-refractivity contribution in [3.05, 3.63) is 76.8 Å². The highest BCUT2D eigenvalue weighted by atomic mass is 16.3. The van der Waals surface area contributed by atoms with Crippen LogP contribution in [0.25, 0.3) is 0 Å². The van der Waals surface area contributed by atoms with Crippen molar-refractivity contribution in [3.8, 4) is 0 Å². The Balaban J connectivity index is 1.73. The Bertz CT molecular complexity index is 1130. The van der Waals surface area contributed by atoms with E-state index in [9.17, 15) is 5.11 Å². The summed E-state index contributed by atoms with van der Waals surface area (Å²) in [7, 11) is 0. The minimum Gasteiger partial charge on any atom is -0.508 e. The number of aliphatic hydroxyl groups is 1. The van der Waals surface area contributed by atoms with Crippen LogP contribution >= 0.6 is 0 Å². The first kappa shape index (κ1) is 18.5. The van der Waals surface area contributed by atoms with Gasteiger partial charge in [0.2, 0.25) is 5.88 Å². The van der Waals surface area contributed by atoms with E-state index in [2.05, 4.69) is 10.3 Å². The molecular formula is C22H21N5O2. The smallest absolute Gasteiger partial charge is 0.224 e. The van der Waals surface area contributed by atoms with Crippen LogP contribution in [0.15, 0.2) is 74.5 Å². The maximum atomic E-state index is 9.75. The molecule has 0 amide bonds. The maximum Gasteiger partial charge on any atom is 0.224 e. The van der Waals surface area contributed by atoms with E-state index in [1.165, 1.54) is 6.21 Å². The van der Waals surface area contributed by atoms with Crippen LogP contribution in [-0.4, -0.2) is 23.0 Å². The number of nitrogens with zero attached hydrogens (tertiary/aromatic N) is 2. The Morgan fingerprint density at radius 2 is 2.17 bits per heavy atom. The molecule has 1 aromatic heterocycles. The van der Waals surface area contributed by atoms with Gasteiger partial charge in [-0.2, -0.15) is 4.99 Å². The van der Waals surface area contributed by atoms with Gasteiger partial charge in [0.05, 0.1) is 6.26 Å². The SMILES string of the molecule is Cc1coc2c1CC(Nc1ccc(N)c(C=N)c1)=NC(C1=CC=CC(O)=CC1)=N2. The fraction of sp³-hybridized carbons (Fsp3) is 0.136. The third-order valence-electron chi connectivity index (χ3n) is 4.79. The molecule has 2 aliphatic rings. The lowest BCUT2D eigenvalue weighted by Crippen LogP contribution is -2.17. The van der Waals surface area contributed by atoms with Crippen LogP contribution in [0.1, 0.15) is 23.1 Å². The summed E-state index contributed by atoms with van der Waals surface area (Å²) in [4.78, 5) is 9.40. The van der Waals surface area contributed by atoms with Crippen molar-refractivity contribution in [1.29, 1.82) is 5.41 Å². The molecule has 0 atom stereocenters. The van der Waals surface area contributed by atoms with Gasteiger partial charge in [0.1, 0.15) is 11.6 Å². The normalized spacial score (nSPS) is 15.9. The van der Waals surface area contributed by atoms with Crippen molar-refractivity contribution in [2.75, 3.05) is 11.1 Å². The number of aliphatic hydroxyl groups excluding tert-OH is 1. The molecule has 0 spiro atoms. The number of benzene rings is 1. The largest absolute Gasteiger partial charge is 0.508 e. The highest BCUT2D eigenvalue weighted by Gasteiger charge is 2.20. The number of nitrogens with one attached hydrogen (secondary N) is 2. The van der Waals surface area contributed by atoms with E-state index in [-0.39, 0.29) is 5.76 Å². The van der Waals surface area contributed by atoms with Crippen molar-refractivity contribution < 1.29 is 9.52 Å². The second-order valence-corrected chi connectivity index (χ2v) is 6.87. The molecule has 0 saturated heterocycles. The Morgan fingerprint density at radius 3 is 3.00 bits per heavy atom. The zero-order valence-corrected chi connectivity index (χ0v) is 15.9. The van der Waals surface area contributed by atoms with Crippen molar-refractivity contribution in [2.45, 2.75) is 19.8 Å². The van der Waals surface area contributed by atoms with Gasteiger partial charge in [0.25, 0.3) is 0 Å². The Morgan fingerprint density at radius 1 is 1.31 bits per heavy atom. The third-order valence-corrected chi connectivity index (χ3v) is 4.79. The van der Waals surface area contributed by atoms with Crippen LogP contribution in [-0.2, 0) is 6.42 Å². The molecule has 5 N–H and O–H groups in total. The van der Waals surface area contributed by atoms with Crippen LogP contribution < -0.4 is 11.1 Å². The number of allylic oxidation sites excluding steroid dienone is 4. The van der Waals surface area contributed by atoms with Crippen LogP contribution in [0.5, 0.6) is 0 Å². The molecule has 0 fully saturated rings. The molecule has 0 saturated carbocycles. The Hall–Kier alpha value is -3.87. The van der Waals surface area contributed by atoms with E-state index < -0.39 is 0 Å². The van der Waals surface area contributed by atoms with Crippen molar-refractivity contribution in [2.24, 2.45) is 9.98 Å². The second kappa shape index (κ2) is 7.63. The fourth-order valence-electron chi connectivity index (χ4n) is 3.16. The molecule has 2 heterocycles. The summed E-state index contributed by atoms with van der Waals surface area (Å²) < 4.78 is 5.65. The lowest BCUT2D eigenvalue weighted by molar-refractivity contribution is 0.430. The zero-order chi connectivity index (χ0) is 20.4. The minimum atomic E-state index is 0.211. The quantitative estimate of drug-likeness (QED) is 0.454. The lowest BCUT2D eigenvalue weighted by atomic mass is 10.1. The summed E-state index contributed by atoms with van der Waals surface area (Å²) in [5.41, 5.74) is 10.7. The Labute approximate surface area is 168 Å². The van der Waals surface area contributed by atoms with Gasteiger partial charge in [0.15, 0.2) is 5.84 Å². The number of anilines is 2. The van der Waals surface area contributed by atoms with Gasteiger partial charge in [-0.3, -0.25) is 0 Å². The molecule has 7 heteroatoms. The minimum absolute atomic E-state index is 0.211. The first-order valence-electron chi connectivity index (χ1n) is 9.20. The average molecular weight is 387 g/mol. The highest BCUT2D eigenvalue weighted by molar-refractivity contribution is 6.12. The predicted molar refractivity (Wildman–Crippen MR) is 117 cm³/mol. The zero-order valence-electron chi connectivity index (χ0n) is 15.9. The van der Waals surface area contributed by atoms with E-state index in [0.29, 0.717) is 41.6 Å². The number of fused-ring (bicyclic) bond motifs is 1. The lowest BCUT2D eigenvalue weighted by Gasteiger charge is -2.11. The van der Waals surface area contributed by atoms with Crippen LogP contribution in [0.3, 0.4) is 0 Å². The molecule has 7 nitrogen and oxygen atoms in total. The molecule has 0 radical (unpaired) electrons. The molecule has 1 aromatic carbocycles. The number of hydrogen-bond acceptors (Lipinski definition) is 7. The van der Waals surface area contributed by atoms with Gasteiger partial charge < -0.3 is 26.0 Å². The summed E-state index contributed by atoms with van der Waals surface area (Å²) in [6.45, 7) is 1.98. The summed E-state index contributed by atoms with van der Waals surface area (Å²) in [6, 6.07) is 5.42. The van der Waals surface area contributed by atoms with E-state index in [0.717, 1.165) is 22.4 Å². The molecule has 0 unspecified atom stereocenters. The number of amidine groups is 2. The van der Waals surface area contributed by atoms with Crippen LogP contribution in [0.2, 0.25) is 0 Å². The summed E-state index contributed by atoms with van der Waals surface area (Å²) in [5, 5.41) is 20.6. The topological polar surface area (TPSA) is 120 Å². The number of nitrogen functional groups attached to an aromatic ring is 1. The molecular weight excluding hydrogens is 366 g/mol. The van der Waals surface area contributed by atoms with E-state index >= 15 is 0 Å². The highest BCUT2D eigenvalue weighted by Crippen LogP contribution is 2.30. The summed E-state index contributed by atoms with van der Waals surface area (Å²) in [6.07, 6.45) is 11.0. The summed E-state index contributed by atoms with van der Waals surface area (Å²) in [5.74, 6) is 1.98. The number of nitrogens with two attached hydrogens (primary N) is 1. The van der Waals surface area contributed by atoms with E-state index in [4.69, 9.17) is 20.6 Å². The number of hydrogen-bond donors (Lipinski definition) is 4. The van der Waals surface area contributed by atoms with Gasteiger partial charge >= 0.3 is 0 Å². The molecule has 0 bridgehead atoms.